The second-order valence-electron chi connectivity index (χ2n) is 7.24. The van der Waals surface area contributed by atoms with Gasteiger partial charge in [0.15, 0.2) is 6.04 Å². The van der Waals surface area contributed by atoms with Crippen LogP contribution in [0.4, 0.5) is 13.2 Å². The SMILES string of the molecule is CC(C)(C)NS(=O)(=O)c1ccc(C(=O)NC(c2ccccc2)C(F)(F)F)cc1. The van der Waals surface area contributed by atoms with Crippen molar-refractivity contribution in [3.05, 3.63) is 65.7 Å². The summed E-state index contributed by atoms with van der Waals surface area (Å²) in [7, 11) is -3.81. The van der Waals surface area contributed by atoms with E-state index in [0.29, 0.717) is 0 Å². The maximum Gasteiger partial charge on any atom is 0.412 e. The van der Waals surface area contributed by atoms with Crippen LogP contribution >= 0.6 is 0 Å². The van der Waals surface area contributed by atoms with E-state index in [-0.39, 0.29) is 16.0 Å². The lowest BCUT2D eigenvalue weighted by Crippen LogP contribution is -2.40. The van der Waals surface area contributed by atoms with E-state index < -0.39 is 33.7 Å². The predicted molar refractivity (Wildman–Crippen MR) is 99.2 cm³/mol. The number of benzene rings is 2. The number of halogens is 3. The number of nitrogens with one attached hydrogen (secondary N) is 2. The van der Waals surface area contributed by atoms with Crippen molar-refractivity contribution in [2.75, 3.05) is 0 Å². The van der Waals surface area contributed by atoms with Gasteiger partial charge in [-0.1, -0.05) is 30.3 Å². The van der Waals surface area contributed by atoms with E-state index in [1.807, 2.05) is 5.32 Å². The quantitative estimate of drug-likeness (QED) is 0.782. The molecule has 152 valence electrons. The van der Waals surface area contributed by atoms with Gasteiger partial charge in [-0.25, -0.2) is 13.1 Å². The van der Waals surface area contributed by atoms with Gasteiger partial charge in [0.1, 0.15) is 0 Å². The smallest absolute Gasteiger partial charge is 0.337 e. The van der Waals surface area contributed by atoms with E-state index in [1.54, 1.807) is 26.8 Å². The Balaban J connectivity index is 2.22. The van der Waals surface area contributed by atoms with Crippen molar-refractivity contribution in [3.8, 4) is 0 Å². The van der Waals surface area contributed by atoms with Crippen LogP contribution in [0.2, 0.25) is 0 Å². The molecule has 2 aromatic rings. The molecule has 0 fully saturated rings. The number of hydrogen-bond donors (Lipinski definition) is 2. The van der Waals surface area contributed by atoms with Crippen molar-refractivity contribution in [1.29, 1.82) is 0 Å². The van der Waals surface area contributed by atoms with Gasteiger partial charge in [-0.3, -0.25) is 4.79 Å². The molecule has 0 saturated carbocycles. The molecule has 1 unspecified atom stereocenters. The molecule has 1 atom stereocenters. The third kappa shape index (κ3) is 5.80. The zero-order valence-corrected chi connectivity index (χ0v) is 16.4. The topological polar surface area (TPSA) is 75.3 Å². The van der Waals surface area contributed by atoms with Crippen molar-refractivity contribution in [3.63, 3.8) is 0 Å². The molecule has 0 aliphatic rings. The van der Waals surface area contributed by atoms with Crippen molar-refractivity contribution >= 4 is 15.9 Å². The zero-order chi connectivity index (χ0) is 21.2. The second-order valence-corrected chi connectivity index (χ2v) is 8.92. The molecule has 0 aromatic heterocycles. The maximum atomic E-state index is 13.4. The largest absolute Gasteiger partial charge is 0.412 e. The van der Waals surface area contributed by atoms with Crippen molar-refractivity contribution < 1.29 is 26.4 Å². The summed E-state index contributed by atoms with van der Waals surface area (Å²) in [6.07, 6.45) is -4.68. The Hall–Kier alpha value is -2.39. The number of sulfonamides is 1. The van der Waals surface area contributed by atoms with Crippen molar-refractivity contribution in [1.82, 2.24) is 10.0 Å². The molecule has 1 amide bonds. The average Bonchev–Trinajstić information content (AvgIpc) is 2.57. The van der Waals surface area contributed by atoms with Crippen LogP contribution in [0.15, 0.2) is 59.5 Å². The van der Waals surface area contributed by atoms with E-state index in [4.69, 9.17) is 0 Å². The molecule has 0 saturated heterocycles. The van der Waals surface area contributed by atoms with Crippen LogP contribution in [0.3, 0.4) is 0 Å². The molecule has 0 bridgehead atoms. The molecule has 2 N–H and O–H groups in total. The number of amides is 1. The molecular weight excluding hydrogens is 393 g/mol. The molecule has 0 aliphatic heterocycles. The fourth-order valence-corrected chi connectivity index (χ4v) is 3.88. The lowest BCUT2D eigenvalue weighted by atomic mass is 10.1. The summed E-state index contributed by atoms with van der Waals surface area (Å²) in [5.41, 5.74) is -0.887. The molecule has 9 heteroatoms. The monoisotopic (exact) mass is 414 g/mol. The molecule has 0 spiro atoms. The Morgan fingerprint density at radius 3 is 1.93 bits per heavy atom. The van der Waals surface area contributed by atoms with E-state index in [9.17, 15) is 26.4 Å². The third-order valence-electron chi connectivity index (χ3n) is 3.60. The summed E-state index contributed by atoms with van der Waals surface area (Å²) in [6, 6.07) is 9.52. The summed E-state index contributed by atoms with van der Waals surface area (Å²) >= 11 is 0. The summed E-state index contributed by atoms with van der Waals surface area (Å²) in [5, 5.41) is 1.96. The highest BCUT2D eigenvalue weighted by atomic mass is 32.2. The third-order valence-corrected chi connectivity index (χ3v) is 5.38. The van der Waals surface area contributed by atoms with Gasteiger partial charge in [-0.2, -0.15) is 13.2 Å². The minimum Gasteiger partial charge on any atom is -0.337 e. The number of carbonyl (C=O) groups excluding carboxylic acids is 1. The van der Waals surface area contributed by atoms with Crippen LogP contribution in [0, 0.1) is 0 Å². The Labute approximate surface area is 162 Å². The highest BCUT2D eigenvalue weighted by Gasteiger charge is 2.41. The summed E-state index contributed by atoms with van der Waals surface area (Å²) < 4.78 is 67.1. The molecule has 2 aromatic carbocycles. The first kappa shape index (κ1) is 21.9. The van der Waals surface area contributed by atoms with Gasteiger partial charge >= 0.3 is 6.18 Å². The highest BCUT2D eigenvalue weighted by Crippen LogP contribution is 2.32. The number of alkyl halides is 3. The van der Waals surface area contributed by atoms with Gasteiger partial charge in [0.05, 0.1) is 4.90 Å². The van der Waals surface area contributed by atoms with Gasteiger partial charge in [-0.05, 0) is 50.6 Å². The number of rotatable bonds is 5. The van der Waals surface area contributed by atoms with Crippen LogP contribution in [0.5, 0.6) is 0 Å². The van der Waals surface area contributed by atoms with E-state index >= 15 is 0 Å². The fraction of sp³-hybridized carbons (Fsp3) is 0.316. The van der Waals surface area contributed by atoms with Gasteiger partial charge < -0.3 is 5.32 Å². The Morgan fingerprint density at radius 2 is 1.46 bits per heavy atom. The van der Waals surface area contributed by atoms with Gasteiger partial charge in [0, 0.05) is 11.1 Å². The van der Waals surface area contributed by atoms with Crippen LogP contribution in [-0.2, 0) is 10.0 Å². The lowest BCUT2D eigenvalue weighted by Gasteiger charge is -2.22. The van der Waals surface area contributed by atoms with Gasteiger partial charge in [0.25, 0.3) is 5.91 Å². The molecule has 0 aliphatic carbocycles. The van der Waals surface area contributed by atoms with Crippen LogP contribution < -0.4 is 10.0 Å². The lowest BCUT2D eigenvalue weighted by molar-refractivity contribution is -0.155. The minimum atomic E-state index is -4.68. The maximum absolute atomic E-state index is 13.4. The van der Waals surface area contributed by atoms with Gasteiger partial charge in [-0.15, -0.1) is 0 Å². The van der Waals surface area contributed by atoms with Crippen molar-refractivity contribution in [2.24, 2.45) is 0 Å². The predicted octanol–water partition coefficient (Wildman–Crippen LogP) is 3.80. The van der Waals surface area contributed by atoms with Crippen LogP contribution in [0.25, 0.3) is 0 Å². The highest BCUT2D eigenvalue weighted by molar-refractivity contribution is 7.89. The summed E-state index contributed by atoms with van der Waals surface area (Å²) in [6.45, 7) is 5.02. The second kappa shape index (κ2) is 7.92. The zero-order valence-electron chi connectivity index (χ0n) is 15.5. The average molecular weight is 414 g/mol. The van der Waals surface area contributed by atoms with E-state index in [1.165, 1.54) is 48.5 Å². The molecule has 5 nitrogen and oxygen atoms in total. The normalized spacial score (nSPS) is 13.8. The van der Waals surface area contributed by atoms with Crippen molar-refractivity contribution in [2.45, 2.75) is 43.4 Å². The fourth-order valence-electron chi connectivity index (χ4n) is 2.46. The minimum absolute atomic E-state index is 0.0834. The first-order valence-electron chi connectivity index (χ1n) is 8.36. The standard InChI is InChI=1S/C19H21F3N2O3S/c1-18(2,3)24-28(26,27)15-11-9-14(10-12-15)17(25)23-16(19(20,21)22)13-7-5-4-6-8-13/h4-12,16,24H,1-3H3,(H,23,25). The number of carbonyl (C=O) groups is 1. The van der Waals surface area contributed by atoms with Crippen LogP contribution in [-0.4, -0.2) is 26.0 Å². The molecule has 2 rings (SSSR count). The Bertz CT molecular complexity index is 920. The first-order chi connectivity index (χ1) is 12.8. The number of hydrogen-bond acceptors (Lipinski definition) is 3. The van der Waals surface area contributed by atoms with Crippen LogP contribution in [0.1, 0.15) is 42.7 Å². The summed E-state index contributed by atoms with van der Waals surface area (Å²) in [4.78, 5) is 12.2. The molecule has 0 radical (unpaired) electrons. The van der Waals surface area contributed by atoms with Gasteiger partial charge in [0.2, 0.25) is 10.0 Å². The molecule has 0 heterocycles. The van der Waals surface area contributed by atoms with E-state index in [0.717, 1.165) is 0 Å². The Kier molecular flexibility index (Phi) is 6.20. The van der Waals surface area contributed by atoms with E-state index in [2.05, 4.69) is 4.72 Å². The molecular formula is C19H21F3N2O3S. The Morgan fingerprint density at radius 1 is 0.929 bits per heavy atom. The first-order valence-corrected chi connectivity index (χ1v) is 9.84. The molecule has 28 heavy (non-hydrogen) atoms. The summed E-state index contributed by atoms with van der Waals surface area (Å²) in [5.74, 6) is -0.959.